The van der Waals surface area contributed by atoms with Crippen LogP contribution in [0.1, 0.15) is 30.0 Å². The van der Waals surface area contributed by atoms with Gasteiger partial charge in [-0.3, -0.25) is 4.79 Å². The molecule has 2 N–H and O–H groups in total. The van der Waals surface area contributed by atoms with Crippen molar-refractivity contribution < 1.29 is 14.3 Å². The highest BCUT2D eigenvalue weighted by atomic mass is 79.9. The van der Waals surface area contributed by atoms with E-state index in [0.29, 0.717) is 4.67 Å². The lowest BCUT2D eigenvalue weighted by Gasteiger charge is -2.14. The van der Waals surface area contributed by atoms with Crippen LogP contribution in [0.2, 0.25) is 0 Å². The third kappa shape index (κ3) is 3.35. The second kappa shape index (κ2) is 5.50. The van der Waals surface area contributed by atoms with Crippen LogP contribution < -0.4 is 5.32 Å². The Bertz CT molecular complexity index is 373. The zero-order chi connectivity index (χ0) is 12.3. The number of hydrogen-bond donors (Lipinski definition) is 2. The Hall–Kier alpha value is -0.810. The molecule has 0 saturated carbocycles. The number of aliphatic hydroxyl groups is 1. The largest absolute Gasteiger partial charge is 0.444 e. The highest BCUT2D eigenvalue weighted by molar-refractivity contribution is 9.10. The number of rotatable bonds is 4. The van der Waals surface area contributed by atoms with Gasteiger partial charge in [-0.1, -0.05) is 13.8 Å². The lowest BCUT2D eigenvalue weighted by atomic mass is 10.1. The molecular formula is C11H16BrNO3. The molecule has 0 aliphatic heterocycles. The summed E-state index contributed by atoms with van der Waals surface area (Å²) in [5, 5.41) is 12.2. The van der Waals surface area contributed by atoms with E-state index in [1.165, 1.54) is 0 Å². The molecule has 0 aromatic carbocycles. The maximum atomic E-state index is 11.7. The maximum Gasteiger partial charge on any atom is 0.287 e. The van der Waals surface area contributed by atoms with E-state index in [-0.39, 0.29) is 24.1 Å². The van der Waals surface area contributed by atoms with E-state index in [0.717, 1.165) is 5.56 Å². The molecule has 5 heteroatoms. The van der Waals surface area contributed by atoms with Crippen LogP contribution in [0.25, 0.3) is 0 Å². The third-order valence-corrected chi connectivity index (χ3v) is 2.73. The summed E-state index contributed by atoms with van der Waals surface area (Å²) >= 11 is 3.16. The number of nitrogens with one attached hydrogen (secondary N) is 1. The number of carbonyl (C=O) groups is 1. The average Bonchev–Trinajstić information content (AvgIpc) is 2.53. The van der Waals surface area contributed by atoms with Crippen molar-refractivity contribution in [2.24, 2.45) is 5.92 Å². The predicted octanol–water partition coefficient (Wildman–Crippen LogP) is 2.10. The first-order chi connectivity index (χ1) is 7.41. The van der Waals surface area contributed by atoms with E-state index in [1.54, 1.807) is 13.0 Å². The Morgan fingerprint density at radius 2 is 2.25 bits per heavy atom. The zero-order valence-corrected chi connectivity index (χ0v) is 11.2. The van der Waals surface area contributed by atoms with Crippen LogP contribution in [0.5, 0.6) is 0 Å². The van der Waals surface area contributed by atoms with Gasteiger partial charge in [0.05, 0.1) is 6.10 Å². The van der Waals surface area contributed by atoms with Gasteiger partial charge in [-0.2, -0.15) is 0 Å². The molecular weight excluding hydrogens is 274 g/mol. The second-order valence-electron chi connectivity index (χ2n) is 4.08. The summed E-state index contributed by atoms with van der Waals surface area (Å²) in [7, 11) is 0. The van der Waals surface area contributed by atoms with Gasteiger partial charge in [0, 0.05) is 12.1 Å². The van der Waals surface area contributed by atoms with Gasteiger partial charge < -0.3 is 14.8 Å². The van der Waals surface area contributed by atoms with E-state index in [4.69, 9.17) is 4.42 Å². The van der Waals surface area contributed by atoms with Crippen molar-refractivity contribution in [1.82, 2.24) is 5.32 Å². The quantitative estimate of drug-likeness (QED) is 0.892. The van der Waals surface area contributed by atoms with Crippen LogP contribution in [0.3, 0.4) is 0 Å². The number of aliphatic hydroxyl groups excluding tert-OH is 1. The predicted molar refractivity (Wildman–Crippen MR) is 64.3 cm³/mol. The molecule has 0 bridgehead atoms. The van der Waals surface area contributed by atoms with Gasteiger partial charge in [0.15, 0.2) is 10.4 Å². The van der Waals surface area contributed by atoms with Crippen LogP contribution >= 0.6 is 15.9 Å². The molecule has 1 atom stereocenters. The standard InChI is InChI=1S/C11H16BrNO3/c1-6(2)8(14)5-13-11(15)10-7(3)4-9(12)16-10/h4,6,8,14H,5H2,1-3H3,(H,13,15). The maximum absolute atomic E-state index is 11.7. The lowest BCUT2D eigenvalue weighted by Crippen LogP contribution is -2.34. The van der Waals surface area contributed by atoms with Crippen molar-refractivity contribution in [1.29, 1.82) is 0 Å². The van der Waals surface area contributed by atoms with Gasteiger partial charge in [-0.25, -0.2) is 0 Å². The SMILES string of the molecule is Cc1cc(Br)oc1C(=O)NCC(O)C(C)C. The van der Waals surface area contributed by atoms with Gasteiger partial charge >= 0.3 is 0 Å². The molecule has 0 fully saturated rings. The molecule has 1 aromatic heterocycles. The van der Waals surface area contributed by atoms with E-state index in [9.17, 15) is 9.90 Å². The lowest BCUT2D eigenvalue weighted by molar-refractivity contribution is 0.0845. The molecule has 1 unspecified atom stereocenters. The summed E-state index contributed by atoms with van der Waals surface area (Å²) in [6.07, 6.45) is -0.539. The molecule has 1 heterocycles. The van der Waals surface area contributed by atoms with E-state index in [2.05, 4.69) is 21.2 Å². The minimum atomic E-state index is -0.539. The van der Waals surface area contributed by atoms with Crippen molar-refractivity contribution in [2.75, 3.05) is 6.54 Å². The van der Waals surface area contributed by atoms with Gasteiger partial charge in [0.25, 0.3) is 5.91 Å². The summed E-state index contributed by atoms with van der Waals surface area (Å²) in [5.74, 6) is 0.0930. The molecule has 0 spiro atoms. The number of hydrogen-bond acceptors (Lipinski definition) is 3. The smallest absolute Gasteiger partial charge is 0.287 e. The Morgan fingerprint density at radius 1 is 1.62 bits per heavy atom. The van der Waals surface area contributed by atoms with Crippen molar-refractivity contribution in [2.45, 2.75) is 26.9 Å². The number of amides is 1. The van der Waals surface area contributed by atoms with Crippen LogP contribution in [0, 0.1) is 12.8 Å². The molecule has 0 saturated heterocycles. The van der Waals surface area contributed by atoms with E-state index in [1.807, 2.05) is 13.8 Å². The topological polar surface area (TPSA) is 62.5 Å². The highest BCUT2D eigenvalue weighted by Crippen LogP contribution is 2.19. The molecule has 0 radical (unpaired) electrons. The number of aryl methyl sites for hydroxylation is 1. The van der Waals surface area contributed by atoms with Crippen molar-refractivity contribution in [3.8, 4) is 0 Å². The number of carbonyl (C=O) groups excluding carboxylic acids is 1. The Morgan fingerprint density at radius 3 is 2.69 bits per heavy atom. The summed E-state index contributed by atoms with van der Waals surface area (Å²) < 4.78 is 5.72. The minimum absolute atomic E-state index is 0.115. The molecule has 4 nitrogen and oxygen atoms in total. The Kier molecular flexibility index (Phi) is 4.56. The normalized spacial score (nSPS) is 12.9. The van der Waals surface area contributed by atoms with E-state index < -0.39 is 6.10 Å². The number of halogens is 1. The van der Waals surface area contributed by atoms with Crippen LogP contribution in [0.15, 0.2) is 15.2 Å². The monoisotopic (exact) mass is 289 g/mol. The molecule has 1 aromatic rings. The minimum Gasteiger partial charge on any atom is -0.444 e. The Labute approximate surface area is 103 Å². The van der Waals surface area contributed by atoms with Crippen LogP contribution in [0.4, 0.5) is 0 Å². The summed E-state index contributed by atoms with van der Waals surface area (Å²) in [6, 6.07) is 1.73. The van der Waals surface area contributed by atoms with Crippen LogP contribution in [-0.2, 0) is 0 Å². The summed E-state index contributed by atoms with van der Waals surface area (Å²) in [6.45, 7) is 5.81. The van der Waals surface area contributed by atoms with Crippen molar-refractivity contribution >= 4 is 21.8 Å². The van der Waals surface area contributed by atoms with Gasteiger partial charge in [-0.15, -0.1) is 0 Å². The zero-order valence-electron chi connectivity index (χ0n) is 9.58. The molecule has 1 rings (SSSR count). The summed E-state index contributed by atoms with van der Waals surface area (Å²) in [5.41, 5.74) is 0.767. The molecule has 0 aliphatic carbocycles. The fourth-order valence-electron chi connectivity index (χ4n) is 1.18. The van der Waals surface area contributed by atoms with Crippen molar-refractivity contribution in [3.63, 3.8) is 0 Å². The first-order valence-electron chi connectivity index (χ1n) is 5.14. The fraction of sp³-hybridized carbons (Fsp3) is 0.545. The van der Waals surface area contributed by atoms with Gasteiger partial charge in [0.1, 0.15) is 0 Å². The number of furan rings is 1. The fourth-order valence-corrected chi connectivity index (χ4v) is 1.69. The van der Waals surface area contributed by atoms with Crippen LogP contribution in [-0.4, -0.2) is 23.7 Å². The Balaban J connectivity index is 2.56. The summed E-state index contributed by atoms with van der Waals surface area (Å²) in [4.78, 5) is 11.7. The first kappa shape index (κ1) is 13.3. The van der Waals surface area contributed by atoms with Gasteiger partial charge in [0.2, 0.25) is 0 Å². The second-order valence-corrected chi connectivity index (χ2v) is 4.87. The molecule has 90 valence electrons. The third-order valence-electron chi connectivity index (χ3n) is 2.34. The first-order valence-corrected chi connectivity index (χ1v) is 5.93. The van der Waals surface area contributed by atoms with E-state index >= 15 is 0 Å². The molecule has 0 aliphatic rings. The van der Waals surface area contributed by atoms with Crippen molar-refractivity contribution in [3.05, 3.63) is 22.1 Å². The molecule has 1 amide bonds. The highest BCUT2D eigenvalue weighted by Gasteiger charge is 2.16. The van der Waals surface area contributed by atoms with Gasteiger partial charge in [-0.05, 0) is 34.8 Å². The average molecular weight is 290 g/mol. The molecule has 16 heavy (non-hydrogen) atoms.